The highest BCUT2D eigenvalue weighted by Gasteiger charge is 2.10. The number of carbonyl (C=O) groups excluding carboxylic acids is 1. The molecule has 1 unspecified atom stereocenters. The fourth-order valence-electron chi connectivity index (χ4n) is 2.52. The molecule has 2 aromatic carbocycles. The first-order valence-corrected chi connectivity index (χ1v) is 9.02. The standard InChI is InChI=1S/C20H24F2N4O3/c1-2-24-20(25-11-13-4-3-5-15(10-13)18(23)28)26-12-17(27)14-6-8-16(9-7-14)29-19(21)22/h3-10,17,19,27H,2,11-12H2,1H3,(H2,23,28)(H2,24,25,26). The number of aliphatic hydroxyl groups is 1. The summed E-state index contributed by atoms with van der Waals surface area (Å²) in [4.78, 5) is 15.7. The maximum Gasteiger partial charge on any atom is 0.387 e. The summed E-state index contributed by atoms with van der Waals surface area (Å²) in [6, 6.07) is 12.6. The number of halogens is 2. The van der Waals surface area contributed by atoms with Gasteiger partial charge in [0.2, 0.25) is 5.91 Å². The van der Waals surface area contributed by atoms with E-state index in [1.54, 1.807) is 18.2 Å². The van der Waals surface area contributed by atoms with Crippen LogP contribution in [0.4, 0.5) is 8.78 Å². The Morgan fingerprint density at radius 2 is 1.93 bits per heavy atom. The molecule has 0 saturated heterocycles. The molecule has 0 fully saturated rings. The van der Waals surface area contributed by atoms with Crippen molar-refractivity contribution >= 4 is 11.9 Å². The van der Waals surface area contributed by atoms with Crippen LogP contribution in [-0.4, -0.2) is 36.7 Å². The van der Waals surface area contributed by atoms with Crippen LogP contribution in [0.3, 0.4) is 0 Å². The highest BCUT2D eigenvalue weighted by molar-refractivity contribution is 5.92. The second kappa shape index (κ2) is 11.0. The van der Waals surface area contributed by atoms with Gasteiger partial charge >= 0.3 is 6.61 Å². The van der Waals surface area contributed by atoms with Gasteiger partial charge in [0.15, 0.2) is 5.96 Å². The van der Waals surface area contributed by atoms with Gasteiger partial charge in [-0.05, 0) is 42.3 Å². The van der Waals surface area contributed by atoms with E-state index < -0.39 is 18.6 Å². The predicted molar refractivity (Wildman–Crippen MR) is 106 cm³/mol. The summed E-state index contributed by atoms with van der Waals surface area (Å²) < 4.78 is 28.7. The van der Waals surface area contributed by atoms with Crippen molar-refractivity contribution in [3.05, 3.63) is 65.2 Å². The number of nitrogens with zero attached hydrogens (tertiary/aromatic N) is 1. The van der Waals surface area contributed by atoms with Gasteiger partial charge in [-0.3, -0.25) is 4.79 Å². The lowest BCUT2D eigenvalue weighted by molar-refractivity contribution is -0.0498. The molecular weight excluding hydrogens is 382 g/mol. The van der Waals surface area contributed by atoms with Crippen LogP contribution in [0.25, 0.3) is 0 Å². The average molecular weight is 406 g/mol. The van der Waals surface area contributed by atoms with Gasteiger partial charge in [0.05, 0.1) is 12.6 Å². The molecule has 0 saturated carbocycles. The van der Waals surface area contributed by atoms with Crippen LogP contribution in [-0.2, 0) is 6.54 Å². The second-order valence-electron chi connectivity index (χ2n) is 6.10. The summed E-state index contributed by atoms with van der Waals surface area (Å²) >= 11 is 0. The molecule has 0 radical (unpaired) electrons. The van der Waals surface area contributed by atoms with Gasteiger partial charge in [0.25, 0.3) is 0 Å². The van der Waals surface area contributed by atoms with E-state index in [0.717, 1.165) is 5.56 Å². The van der Waals surface area contributed by atoms with Crippen LogP contribution >= 0.6 is 0 Å². The van der Waals surface area contributed by atoms with Crippen LogP contribution in [0.1, 0.15) is 34.5 Å². The number of aliphatic hydroxyl groups excluding tert-OH is 1. The number of carbonyl (C=O) groups is 1. The summed E-state index contributed by atoms with van der Waals surface area (Å²) in [5, 5.41) is 16.4. The molecule has 0 spiro atoms. The van der Waals surface area contributed by atoms with Gasteiger partial charge in [0, 0.05) is 18.7 Å². The summed E-state index contributed by atoms with van der Waals surface area (Å²) in [6.45, 7) is 0.0930. The molecule has 1 amide bonds. The van der Waals surface area contributed by atoms with Gasteiger partial charge in [-0.1, -0.05) is 24.3 Å². The number of rotatable bonds is 9. The Morgan fingerprint density at radius 1 is 1.21 bits per heavy atom. The molecule has 29 heavy (non-hydrogen) atoms. The molecule has 2 rings (SSSR count). The molecule has 0 aromatic heterocycles. The van der Waals surface area contributed by atoms with E-state index in [4.69, 9.17) is 5.73 Å². The fourth-order valence-corrected chi connectivity index (χ4v) is 2.52. The highest BCUT2D eigenvalue weighted by atomic mass is 19.3. The Bertz CT molecular complexity index is 829. The minimum absolute atomic E-state index is 0.0250. The largest absolute Gasteiger partial charge is 0.435 e. The lowest BCUT2D eigenvalue weighted by Crippen LogP contribution is -2.39. The number of nitrogens with one attached hydrogen (secondary N) is 2. The first kappa shape index (κ1) is 22.1. The van der Waals surface area contributed by atoms with E-state index in [-0.39, 0.29) is 12.3 Å². The number of amides is 1. The highest BCUT2D eigenvalue weighted by Crippen LogP contribution is 2.19. The summed E-state index contributed by atoms with van der Waals surface area (Å²) in [6.07, 6.45) is -0.877. The maximum atomic E-state index is 12.2. The van der Waals surface area contributed by atoms with Crippen molar-refractivity contribution in [2.45, 2.75) is 26.2 Å². The number of nitrogens with two attached hydrogens (primary N) is 1. The SMILES string of the molecule is CCNC(=NCc1cccc(C(N)=O)c1)NCC(O)c1ccc(OC(F)F)cc1. The van der Waals surface area contributed by atoms with Crippen LogP contribution in [0, 0.1) is 0 Å². The number of alkyl halides is 2. The topological polar surface area (TPSA) is 109 Å². The first-order chi connectivity index (χ1) is 13.9. The Labute approximate surface area is 167 Å². The van der Waals surface area contributed by atoms with Crippen LogP contribution in [0.5, 0.6) is 5.75 Å². The lowest BCUT2D eigenvalue weighted by atomic mass is 10.1. The number of aliphatic imine (C=N–C) groups is 1. The van der Waals surface area contributed by atoms with Gasteiger partial charge in [-0.2, -0.15) is 8.78 Å². The van der Waals surface area contributed by atoms with Crippen LogP contribution in [0.2, 0.25) is 0 Å². The molecule has 1 atom stereocenters. The molecule has 7 nitrogen and oxygen atoms in total. The van der Waals surface area contributed by atoms with E-state index in [9.17, 15) is 18.7 Å². The molecule has 9 heteroatoms. The third-order valence-electron chi connectivity index (χ3n) is 3.93. The summed E-state index contributed by atoms with van der Waals surface area (Å²) in [7, 11) is 0. The zero-order valence-electron chi connectivity index (χ0n) is 15.9. The molecule has 0 heterocycles. The van der Waals surface area contributed by atoms with E-state index >= 15 is 0 Å². The molecule has 0 bridgehead atoms. The maximum absolute atomic E-state index is 12.2. The number of primary amides is 1. The number of guanidine groups is 1. The van der Waals surface area contributed by atoms with Crippen molar-refractivity contribution in [3.63, 3.8) is 0 Å². The van der Waals surface area contributed by atoms with E-state index in [1.165, 1.54) is 24.3 Å². The number of benzene rings is 2. The van der Waals surface area contributed by atoms with Crippen molar-refractivity contribution in [2.75, 3.05) is 13.1 Å². The monoisotopic (exact) mass is 406 g/mol. The Balaban J connectivity index is 1.96. The van der Waals surface area contributed by atoms with E-state index in [0.29, 0.717) is 30.2 Å². The lowest BCUT2D eigenvalue weighted by Gasteiger charge is -2.16. The minimum Gasteiger partial charge on any atom is -0.435 e. The zero-order chi connectivity index (χ0) is 21.2. The number of hydrogen-bond donors (Lipinski definition) is 4. The normalized spacial score (nSPS) is 12.5. The molecule has 0 aliphatic rings. The molecule has 5 N–H and O–H groups in total. The zero-order valence-corrected chi connectivity index (χ0v) is 15.9. The number of hydrogen-bond acceptors (Lipinski definition) is 4. The van der Waals surface area contributed by atoms with E-state index in [1.807, 2.05) is 13.0 Å². The van der Waals surface area contributed by atoms with Gasteiger partial charge in [-0.15, -0.1) is 0 Å². The Morgan fingerprint density at radius 3 is 2.55 bits per heavy atom. The van der Waals surface area contributed by atoms with Crippen molar-refractivity contribution in [2.24, 2.45) is 10.7 Å². The quantitative estimate of drug-likeness (QED) is 0.377. The van der Waals surface area contributed by atoms with E-state index in [2.05, 4.69) is 20.4 Å². The molecule has 0 aliphatic carbocycles. The van der Waals surface area contributed by atoms with Crippen LogP contribution in [0.15, 0.2) is 53.5 Å². The summed E-state index contributed by atoms with van der Waals surface area (Å²) in [5.41, 5.74) is 7.05. The van der Waals surface area contributed by atoms with Gasteiger partial charge in [-0.25, -0.2) is 4.99 Å². The summed E-state index contributed by atoms with van der Waals surface area (Å²) in [5.74, 6) is -0.000337. The second-order valence-corrected chi connectivity index (χ2v) is 6.10. The predicted octanol–water partition coefficient (Wildman–Crippen LogP) is 2.18. The fraction of sp³-hybridized carbons (Fsp3) is 0.300. The third kappa shape index (κ3) is 7.38. The van der Waals surface area contributed by atoms with Gasteiger partial charge < -0.3 is 26.2 Å². The number of ether oxygens (including phenoxy) is 1. The smallest absolute Gasteiger partial charge is 0.387 e. The Hall–Kier alpha value is -3.20. The minimum atomic E-state index is -2.89. The van der Waals surface area contributed by atoms with Gasteiger partial charge in [0.1, 0.15) is 5.75 Å². The first-order valence-electron chi connectivity index (χ1n) is 9.02. The molecule has 2 aromatic rings. The molecular formula is C20H24F2N4O3. The van der Waals surface area contributed by atoms with Crippen molar-refractivity contribution in [1.82, 2.24) is 10.6 Å². The third-order valence-corrected chi connectivity index (χ3v) is 3.93. The average Bonchev–Trinajstić information content (AvgIpc) is 2.70. The van der Waals surface area contributed by atoms with Crippen LogP contribution < -0.4 is 21.1 Å². The molecule has 0 aliphatic heterocycles. The van der Waals surface area contributed by atoms with Crippen molar-refractivity contribution in [3.8, 4) is 5.75 Å². The van der Waals surface area contributed by atoms with Crippen molar-refractivity contribution in [1.29, 1.82) is 0 Å². The van der Waals surface area contributed by atoms with Crippen molar-refractivity contribution < 1.29 is 23.4 Å². The Kier molecular flexibility index (Phi) is 8.35. The molecule has 156 valence electrons.